The van der Waals surface area contributed by atoms with Crippen LogP contribution >= 0.6 is 11.3 Å². The molecule has 1 N–H and O–H groups in total. The molecular formula is C15H23NO3S. The molecule has 1 unspecified atom stereocenters. The molecule has 5 heteroatoms. The van der Waals surface area contributed by atoms with Crippen molar-refractivity contribution in [1.29, 1.82) is 0 Å². The number of carbonyl (C=O) groups is 1. The molecule has 0 aliphatic carbocycles. The minimum absolute atomic E-state index is 0.0301. The number of nitrogens with zero attached hydrogens (tertiary/aromatic N) is 1. The van der Waals surface area contributed by atoms with Crippen molar-refractivity contribution in [2.75, 3.05) is 26.3 Å². The maximum absolute atomic E-state index is 11.2. The van der Waals surface area contributed by atoms with Crippen molar-refractivity contribution in [3.05, 3.63) is 21.9 Å². The van der Waals surface area contributed by atoms with Gasteiger partial charge in [0.25, 0.3) is 0 Å². The molecular weight excluding hydrogens is 274 g/mol. The summed E-state index contributed by atoms with van der Waals surface area (Å²) in [7, 11) is 0. The highest BCUT2D eigenvalue weighted by atomic mass is 32.1. The fourth-order valence-electron chi connectivity index (χ4n) is 2.40. The molecule has 0 radical (unpaired) electrons. The van der Waals surface area contributed by atoms with Gasteiger partial charge in [-0.25, -0.2) is 0 Å². The topological polar surface area (TPSA) is 49.8 Å². The molecule has 0 spiro atoms. The van der Waals surface area contributed by atoms with Crippen LogP contribution in [0, 0.1) is 0 Å². The van der Waals surface area contributed by atoms with Gasteiger partial charge < -0.3 is 9.84 Å². The standard InChI is InChI=1S/C15H23NO3S/c1-15(2,3)13-5-4-12(20-13)11(10-14(17)18)16-6-8-19-9-7-16/h4-5,11H,6-10H2,1-3H3,(H,17,18). The van der Waals surface area contributed by atoms with Crippen LogP contribution in [0.1, 0.15) is 43.0 Å². The van der Waals surface area contributed by atoms with E-state index >= 15 is 0 Å². The number of morpholine rings is 1. The van der Waals surface area contributed by atoms with Crippen molar-refractivity contribution < 1.29 is 14.6 Å². The number of hydrogen-bond acceptors (Lipinski definition) is 4. The Labute approximate surface area is 124 Å². The van der Waals surface area contributed by atoms with E-state index in [1.165, 1.54) is 4.88 Å². The van der Waals surface area contributed by atoms with Crippen molar-refractivity contribution in [3.8, 4) is 0 Å². The second-order valence-electron chi connectivity index (χ2n) is 6.21. The lowest BCUT2D eigenvalue weighted by Crippen LogP contribution is -2.39. The van der Waals surface area contributed by atoms with Crippen LogP contribution in [-0.4, -0.2) is 42.3 Å². The number of rotatable bonds is 4. The highest BCUT2D eigenvalue weighted by Gasteiger charge is 2.27. The fourth-order valence-corrected chi connectivity index (χ4v) is 3.60. The highest BCUT2D eigenvalue weighted by molar-refractivity contribution is 7.12. The molecule has 0 aromatic carbocycles. The third kappa shape index (κ3) is 3.81. The van der Waals surface area contributed by atoms with E-state index in [4.69, 9.17) is 4.74 Å². The van der Waals surface area contributed by atoms with Gasteiger partial charge in [0, 0.05) is 22.8 Å². The number of aliphatic carboxylic acids is 1. The molecule has 1 saturated heterocycles. The third-order valence-electron chi connectivity index (χ3n) is 3.55. The first kappa shape index (κ1) is 15.5. The summed E-state index contributed by atoms with van der Waals surface area (Å²) in [6.45, 7) is 9.54. The zero-order chi connectivity index (χ0) is 14.8. The van der Waals surface area contributed by atoms with Crippen LogP contribution in [0.3, 0.4) is 0 Å². The summed E-state index contributed by atoms with van der Waals surface area (Å²) in [5.41, 5.74) is 0.113. The second kappa shape index (κ2) is 6.24. The molecule has 112 valence electrons. The summed E-state index contributed by atoms with van der Waals surface area (Å²) < 4.78 is 5.36. The molecule has 1 fully saturated rings. The number of carboxylic acids is 1. The summed E-state index contributed by atoms with van der Waals surface area (Å²) >= 11 is 1.74. The summed E-state index contributed by atoms with van der Waals surface area (Å²) in [6, 6.07) is 4.20. The van der Waals surface area contributed by atoms with Crippen LogP contribution in [0.2, 0.25) is 0 Å². The van der Waals surface area contributed by atoms with Crippen LogP contribution in [0.15, 0.2) is 12.1 Å². The van der Waals surface area contributed by atoms with Gasteiger partial charge in [0.1, 0.15) is 0 Å². The molecule has 1 atom stereocenters. The average Bonchev–Trinajstić information content (AvgIpc) is 2.86. The van der Waals surface area contributed by atoms with Crippen LogP contribution in [0.5, 0.6) is 0 Å². The number of thiophene rings is 1. The van der Waals surface area contributed by atoms with Gasteiger partial charge in [-0.3, -0.25) is 9.69 Å². The van der Waals surface area contributed by atoms with E-state index in [1.807, 2.05) is 0 Å². The van der Waals surface area contributed by atoms with Gasteiger partial charge in [0.05, 0.1) is 25.7 Å². The lowest BCUT2D eigenvalue weighted by atomic mass is 9.95. The largest absolute Gasteiger partial charge is 0.481 e. The van der Waals surface area contributed by atoms with Crippen molar-refractivity contribution in [3.63, 3.8) is 0 Å². The molecule has 0 saturated carbocycles. The maximum Gasteiger partial charge on any atom is 0.305 e. The van der Waals surface area contributed by atoms with Gasteiger partial charge in [-0.15, -0.1) is 11.3 Å². The Hall–Kier alpha value is -0.910. The first-order chi connectivity index (χ1) is 9.38. The van der Waals surface area contributed by atoms with Gasteiger partial charge in [0.2, 0.25) is 0 Å². The lowest BCUT2D eigenvalue weighted by Gasteiger charge is -2.33. The Kier molecular flexibility index (Phi) is 4.83. The summed E-state index contributed by atoms with van der Waals surface area (Å²) in [5, 5.41) is 9.19. The van der Waals surface area contributed by atoms with Gasteiger partial charge in [-0.1, -0.05) is 20.8 Å². The monoisotopic (exact) mass is 297 g/mol. The molecule has 1 aliphatic rings. The van der Waals surface area contributed by atoms with Gasteiger partial charge in [-0.2, -0.15) is 0 Å². The quantitative estimate of drug-likeness (QED) is 0.928. The summed E-state index contributed by atoms with van der Waals surface area (Å²) in [5.74, 6) is -0.743. The van der Waals surface area contributed by atoms with Crippen molar-refractivity contribution >= 4 is 17.3 Å². The Morgan fingerprint density at radius 2 is 2.05 bits per heavy atom. The number of hydrogen-bond donors (Lipinski definition) is 1. The normalized spacial score (nSPS) is 18.9. The first-order valence-corrected chi connectivity index (χ1v) is 7.83. The van der Waals surface area contributed by atoms with Crippen molar-refractivity contribution in [1.82, 2.24) is 4.90 Å². The van der Waals surface area contributed by atoms with E-state index in [9.17, 15) is 9.90 Å². The minimum atomic E-state index is -0.743. The van der Waals surface area contributed by atoms with E-state index in [0.717, 1.165) is 18.0 Å². The van der Waals surface area contributed by atoms with Crippen LogP contribution < -0.4 is 0 Å². The minimum Gasteiger partial charge on any atom is -0.481 e. The van der Waals surface area contributed by atoms with Crippen LogP contribution in [0.4, 0.5) is 0 Å². The molecule has 2 rings (SSSR count). The van der Waals surface area contributed by atoms with E-state index in [0.29, 0.717) is 13.2 Å². The van der Waals surface area contributed by atoms with Crippen molar-refractivity contribution in [2.24, 2.45) is 0 Å². The molecule has 1 aliphatic heterocycles. The summed E-state index contributed by atoms with van der Waals surface area (Å²) in [6.07, 6.45) is 0.157. The predicted molar refractivity (Wildman–Crippen MR) is 80.4 cm³/mol. The molecule has 1 aromatic rings. The Bertz CT molecular complexity index is 458. The predicted octanol–water partition coefficient (Wildman–Crippen LogP) is 2.89. The van der Waals surface area contributed by atoms with E-state index < -0.39 is 5.97 Å². The Morgan fingerprint density at radius 3 is 2.55 bits per heavy atom. The number of ether oxygens (including phenoxy) is 1. The SMILES string of the molecule is CC(C)(C)c1ccc(C(CC(=O)O)N2CCOCC2)s1. The third-order valence-corrected chi connectivity index (χ3v) is 5.16. The van der Waals surface area contributed by atoms with Gasteiger partial charge >= 0.3 is 5.97 Å². The molecule has 4 nitrogen and oxygen atoms in total. The molecule has 0 amide bonds. The van der Waals surface area contributed by atoms with E-state index in [1.54, 1.807) is 11.3 Å². The van der Waals surface area contributed by atoms with Crippen molar-refractivity contribution in [2.45, 2.75) is 38.6 Å². The molecule has 20 heavy (non-hydrogen) atoms. The Balaban J connectivity index is 2.21. The van der Waals surface area contributed by atoms with Crippen LogP contribution in [0.25, 0.3) is 0 Å². The molecule has 2 heterocycles. The highest BCUT2D eigenvalue weighted by Crippen LogP contribution is 2.36. The zero-order valence-electron chi connectivity index (χ0n) is 12.4. The second-order valence-corrected chi connectivity index (χ2v) is 7.33. The van der Waals surface area contributed by atoms with Gasteiger partial charge in [-0.05, 0) is 17.5 Å². The fraction of sp³-hybridized carbons (Fsp3) is 0.667. The molecule has 1 aromatic heterocycles. The van der Waals surface area contributed by atoms with E-state index in [-0.39, 0.29) is 17.9 Å². The summed E-state index contributed by atoms with van der Waals surface area (Å²) in [4.78, 5) is 15.9. The lowest BCUT2D eigenvalue weighted by molar-refractivity contribution is -0.139. The van der Waals surface area contributed by atoms with Gasteiger partial charge in [0.15, 0.2) is 0 Å². The smallest absolute Gasteiger partial charge is 0.305 e. The van der Waals surface area contributed by atoms with Crippen LogP contribution in [-0.2, 0) is 14.9 Å². The Morgan fingerprint density at radius 1 is 1.40 bits per heavy atom. The average molecular weight is 297 g/mol. The maximum atomic E-state index is 11.2. The first-order valence-electron chi connectivity index (χ1n) is 7.02. The molecule has 0 bridgehead atoms. The zero-order valence-corrected chi connectivity index (χ0v) is 13.2. The number of carboxylic acid groups (broad SMARTS) is 1. The van der Waals surface area contributed by atoms with E-state index in [2.05, 4.69) is 37.8 Å².